The Balaban J connectivity index is 1.42. The Morgan fingerprint density at radius 2 is 1.65 bits per heavy atom. The number of carbonyl (C=O) groups excluding carboxylic acids is 1. The van der Waals surface area contributed by atoms with Gasteiger partial charge in [0.2, 0.25) is 5.88 Å². The summed E-state index contributed by atoms with van der Waals surface area (Å²) in [5.41, 5.74) is 3.41. The molecule has 0 atom stereocenters. The van der Waals surface area contributed by atoms with E-state index in [1.807, 2.05) is 61.5 Å². The Bertz CT molecular complexity index is 1310. The van der Waals surface area contributed by atoms with Crippen LogP contribution in [0.5, 0.6) is 17.4 Å². The first-order valence-corrected chi connectivity index (χ1v) is 11.2. The van der Waals surface area contributed by atoms with Crippen LogP contribution < -0.4 is 9.47 Å². The van der Waals surface area contributed by atoms with Gasteiger partial charge in [0.05, 0.1) is 12.1 Å². The summed E-state index contributed by atoms with van der Waals surface area (Å²) in [4.78, 5) is 15.4. The van der Waals surface area contributed by atoms with Gasteiger partial charge in [-0.15, -0.1) is 10.2 Å². The number of benzene rings is 3. The molecule has 0 aliphatic rings. The summed E-state index contributed by atoms with van der Waals surface area (Å²) in [7, 11) is 0. The number of H-pyrrole nitrogens is 1. The van der Waals surface area contributed by atoms with Crippen molar-refractivity contribution in [2.24, 2.45) is 10.2 Å². The molecule has 3 aromatic carbocycles. The van der Waals surface area contributed by atoms with Crippen LogP contribution >= 0.6 is 0 Å². The summed E-state index contributed by atoms with van der Waals surface area (Å²) in [6.45, 7) is 7.10. The molecule has 0 radical (unpaired) electrons. The van der Waals surface area contributed by atoms with Crippen LogP contribution in [0.1, 0.15) is 48.2 Å². The van der Waals surface area contributed by atoms with Crippen molar-refractivity contribution in [3.63, 3.8) is 0 Å². The fourth-order valence-corrected chi connectivity index (χ4v) is 3.50. The molecule has 0 aliphatic carbocycles. The molecule has 7 nitrogen and oxygen atoms in total. The number of nitrogens with one attached hydrogen (secondary N) is 1. The first-order valence-electron chi connectivity index (χ1n) is 11.2. The minimum absolute atomic E-state index is 0.116. The highest BCUT2D eigenvalue weighted by molar-refractivity contribution is 5.97. The van der Waals surface area contributed by atoms with Crippen LogP contribution in [0.15, 0.2) is 77.0 Å². The van der Waals surface area contributed by atoms with Gasteiger partial charge in [0.1, 0.15) is 18.1 Å². The van der Waals surface area contributed by atoms with E-state index in [-0.39, 0.29) is 11.6 Å². The number of aromatic nitrogens is 1. The third-order valence-electron chi connectivity index (χ3n) is 5.42. The maximum atomic E-state index is 12.5. The molecule has 34 heavy (non-hydrogen) atoms. The van der Waals surface area contributed by atoms with Gasteiger partial charge in [-0.2, -0.15) is 0 Å². The average Bonchev–Trinajstić information content (AvgIpc) is 3.16. The second kappa shape index (κ2) is 10.2. The van der Waals surface area contributed by atoms with Gasteiger partial charge < -0.3 is 19.6 Å². The number of rotatable bonds is 8. The number of ether oxygens (including phenoxy) is 2. The molecule has 0 spiro atoms. The zero-order valence-electron chi connectivity index (χ0n) is 19.4. The minimum Gasteiger partial charge on any atom is -0.494 e. The predicted octanol–water partition coefficient (Wildman–Crippen LogP) is 6.90. The molecule has 0 saturated carbocycles. The number of azo groups is 1. The number of amides is 1. The Kier molecular flexibility index (Phi) is 6.92. The van der Waals surface area contributed by atoms with E-state index in [0.29, 0.717) is 24.7 Å². The molecule has 0 aliphatic heterocycles. The molecule has 4 aromatic rings. The largest absolute Gasteiger partial charge is 0.494 e. The molecule has 0 saturated heterocycles. The summed E-state index contributed by atoms with van der Waals surface area (Å²) in [5, 5.41) is 18.8. The normalized spacial score (nSPS) is 11.4. The molecule has 0 bridgehead atoms. The summed E-state index contributed by atoms with van der Waals surface area (Å²) in [5.74, 6) is 1.25. The van der Waals surface area contributed by atoms with Gasteiger partial charge in [-0.25, -0.2) is 0 Å². The molecule has 4 rings (SSSR count). The number of hydrogen-bond acceptors (Lipinski definition) is 5. The van der Waals surface area contributed by atoms with Crippen molar-refractivity contribution in [3.8, 4) is 17.4 Å². The predicted molar refractivity (Wildman–Crippen MR) is 131 cm³/mol. The van der Waals surface area contributed by atoms with Crippen molar-refractivity contribution in [3.05, 3.63) is 83.4 Å². The van der Waals surface area contributed by atoms with E-state index >= 15 is 0 Å². The molecule has 1 amide bonds. The maximum Gasteiger partial charge on any atom is 0.295 e. The summed E-state index contributed by atoms with van der Waals surface area (Å²) >= 11 is 0. The van der Waals surface area contributed by atoms with Crippen LogP contribution in [0.3, 0.4) is 0 Å². The van der Waals surface area contributed by atoms with E-state index in [0.717, 1.165) is 33.5 Å². The Morgan fingerprint density at radius 1 is 0.971 bits per heavy atom. The van der Waals surface area contributed by atoms with Crippen molar-refractivity contribution in [1.29, 1.82) is 0 Å². The molecule has 1 heterocycles. The van der Waals surface area contributed by atoms with Gasteiger partial charge in [-0.3, -0.25) is 4.79 Å². The SMILES string of the molecule is CCOc1ccc(OCc2ccc(C(=O)N=Nc3c(O)[nH]c4ccc(C(C)C)cc34)cc2)cc1. The fraction of sp³-hybridized carbons (Fsp3) is 0.222. The van der Waals surface area contributed by atoms with E-state index in [1.54, 1.807) is 12.1 Å². The van der Waals surface area contributed by atoms with Crippen LogP contribution in [-0.4, -0.2) is 22.6 Å². The van der Waals surface area contributed by atoms with Crippen molar-refractivity contribution in [1.82, 2.24) is 4.98 Å². The molecule has 0 unspecified atom stereocenters. The summed E-state index contributed by atoms with van der Waals surface area (Å²) in [6.07, 6.45) is 0. The number of fused-ring (bicyclic) bond motifs is 1. The van der Waals surface area contributed by atoms with E-state index in [9.17, 15) is 9.90 Å². The van der Waals surface area contributed by atoms with Gasteiger partial charge in [-0.1, -0.05) is 32.0 Å². The fourth-order valence-electron chi connectivity index (χ4n) is 3.50. The lowest BCUT2D eigenvalue weighted by Gasteiger charge is -2.08. The van der Waals surface area contributed by atoms with Gasteiger partial charge in [0.25, 0.3) is 5.91 Å². The van der Waals surface area contributed by atoms with E-state index < -0.39 is 5.91 Å². The van der Waals surface area contributed by atoms with Crippen LogP contribution in [0.2, 0.25) is 0 Å². The standard InChI is InChI=1S/C27H27N3O4/c1-4-33-21-10-12-22(13-11-21)34-16-18-5-7-19(8-6-18)26(31)30-29-25-23-15-20(17(2)3)9-14-24(23)28-27(25)32/h5-15,17,28,32H,4,16H2,1-3H3. The Labute approximate surface area is 198 Å². The lowest BCUT2D eigenvalue weighted by molar-refractivity contribution is 0.0995. The number of nitrogens with zero attached hydrogens (tertiary/aromatic N) is 2. The van der Waals surface area contributed by atoms with Crippen molar-refractivity contribution in [2.45, 2.75) is 33.3 Å². The summed E-state index contributed by atoms with van der Waals surface area (Å²) < 4.78 is 11.2. The Morgan fingerprint density at radius 3 is 2.29 bits per heavy atom. The van der Waals surface area contributed by atoms with E-state index in [2.05, 4.69) is 29.1 Å². The topological polar surface area (TPSA) is 96.3 Å². The molecule has 174 valence electrons. The monoisotopic (exact) mass is 457 g/mol. The highest BCUT2D eigenvalue weighted by Gasteiger charge is 2.13. The van der Waals surface area contributed by atoms with Crippen LogP contribution in [0, 0.1) is 0 Å². The minimum atomic E-state index is -0.493. The van der Waals surface area contributed by atoms with Gasteiger partial charge in [-0.05, 0) is 72.5 Å². The van der Waals surface area contributed by atoms with Crippen LogP contribution in [0.4, 0.5) is 5.69 Å². The number of carbonyl (C=O) groups is 1. The van der Waals surface area contributed by atoms with Crippen LogP contribution in [0.25, 0.3) is 10.9 Å². The zero-order valence-corrected chi connectivity index (χ0v) is 19.4. The second-order valence-electron chi connectivity index (χ2n) is 8.18. The number of aromatic hydroxyl groups is 1. The first-order chi connectivity index (χ1) is 16.4. The first kappa shape index (κ1) is 23.0. The van der Waals surface area contributed by atoms with Gasteiger partial charge in [0, 0.05) is 10.9 Å². The van der Waals surface area contributed by atoms with Crippen molar-refractivity contribution in [2.75, 3.05) is 6.61 Å². The third kappa shape index (κ3) is 5.26. The quantitative estimate of drug-likeness (QED) is 0.281. The second-order valence-corrected chi connectivity index (χ2v) is 8.18. The van der Waals surface area contributed by atoms with Gasteiger partial charge in [0.15, 0.2) is 5.69 Å². The highest BCUT2D eigenvalue weighted by atomic mass is 16.5. The third-order valence-corrected chi connectivity index (χ3v) is 5.42. The lowest BCUT2D eigenvalue weighted by Crippen LogP contribution is -1.98. The van der Waals surface area contributed by atoms with E-state index in [4.69, 9.17) is 9.47 Å². The summed E-state index contributed by atoms with van der Waals surface area (Å²) in [6, 6.07) is 20.3. The molecule has 7 heteroatoms. The average molecular weight is 458 g/mol. The molecular formula is C27H27N3O4. The zero-order chi connectivity index (χ0) is 24.1. The smallest absolute Gasteiger partial charge is 0.295 e. The molecule has 2 N–H and O–H groups in total. The molecular weight excluding hydrogens is 430 g/mol. The van der Waals surface area contributed by atoms with Crippen LogP contribution in [-0.2, 0) is 6.61 Å². The molecule has 0 fully saturated rings. The van der Waals surface area contributed by atoms with Crippen molar-refractivity contribution < 1.29 is 19.4 Å². The Hall–Kier alpha value is -4.13. The van der Waals surface area contributed by atoms with Gasteiger partial charge >= 0.3 is 0 Å². The number of hydrogen-bond donors (Lipinski definition) is 2. The number of aromatic amines is 1. The van der Waals surface area contributed by atoms with E-state index in [1.165, 1.54) is 0 Å². The maximum absolute atomic E-state index is 12.5. The molecule has 1 aromatic heterocycles. The highest BCUT2D eigenvalue weighted by Crippen LogP contribution is 2.37. The lowest BCUT2D eigenvalue weighted by atomic mass is 10.0. The van der Waals surface area contributed by atoms with Crippen molar-refractivity contribution >= 4 is 22.5 Å².